The second kappa shape index (κ2) is 9.42. The van der Waals surface area contributed by atoms with Gasteiger partial charge in [-0.15, -0.1) is 0 Å². The third-order valence-corrected chi connectivity index (χ3v) is 10.4. The van der Waals surface area contributed by atoms with Crippen molar-refractivity contribution in [3.05, 3.63) is 59.5 Å². The summed E-state index contributed by atoms with van der Waals surface area (Å²) in [6, 6.07) is 10.9. The number of anilines is 2. The van der Waals surface area contributed by atoms with Gasteiger partial charge < -0.3 is 19.6 Å². The smallest absolute Gasteiger partial charge is 0.175 e. The molecule has 4 heterocycles. The summed E-state index contributed by atoms with van der Waals surface area (Å²) in [6.45, 7) is 2.47. The number of ether oxygens (including phenoxy) is 1. The first-order chi connectivity index (χ1) is 18.6. The van der Waals surface area contributed by atoms with Crippen molar-refractivity contribution < 1.29 is 9.84 Å². The van der Waals surface area contributed by atoms with Crippen LogP contribution in [-0.2, 0) is 19.4 Å². The summed E-state index contributed by atoms with van der Waals surface area (Å²) >= 11 is 1.53. The molecule has 7 nitrogen and oxygen atoms in total. The molecule has 1 N–H and O–H groups in total. The molecule has 0 unspecified atom stereocenters. The topological polar surface area (TPSA) is 74.6 Å². The maximum absolute atomic E-state index is 10.2. The number of benzene rings is 1. The van der Waals surface area contributed by atoms with Crippen LogP contribution < -0.4 is 14.5 Å². The fourth-order valence-corrected chi connectivity index (χ4v) is 8.03. The highest BCUT2D eigenvalue weighted by Crippen LogP contribution is 2.48. The Hall–Kier alpha value is -2.84. The SMILES string of the molecule is CN1c2nccc(Sc3cnc(N4CCC5(CC4)Cc4ccccc4C5)c(CO)n3)c2OCC12CCCC2. The molecule has 2 aliphatic heterocycles. The number of piperidine rings is 1. The first kappa shape index (κ1) is 24.2. The third-order valence-electron chi connectivity index (χ3n) is 9.44. The second-order valence-electron chi connectivity index (χ2n) is 11.6. The van der Waals surface area contributed by atoms with Gasteiger partial charge in [0, 0.05) is 26.3 Å². The zero-order valence-corrected chi connectivity index (χ0v) is 22.8. The third kappa shape index (κ3) is 4.04. The molecule has 0 atom stereocenters. The van der Waals surface area contributed by atoms with Crippen LogP contribution in [0.5, 0.6) is 5.75 Å². The van der Waals surface area contributed by atoms with Gasteiger partial charge in [0.15, 0.2) is 17.4 Å². The lowest BCUT2D eigenvalue weighted by Crippen LogP contribution is -2.52. The van der Waals surface area contributed by atoms with Crippen LogP contribution in [0, 0.1) is 5.41 Å². The number of fused-ring (bicyclic) bond motifs is 2. The number of hydrogen-bond donors (Lipinski definition) is 1. The first-order valence-corrected chi connectivity index (χ1v) is 14.7. The van der Waals surface area contributed by atoms with Gasteiger partial charge in [-0.2, -0.15) is 0 Å². The molecule has 7 rings (SSSR count). The average molecular weight is 530 g/mol. The van der Waals surface area contributed by atoms with Gasteiger partial charge in [-0.05, 0) is 61.1 Å². The minimum atomic E-state index is -0.125. The largest absolute Gasteiger partial charge is 0.486 e. The molecule has 2 aromatic heterocycles. The average Bonchev–Trinajstić information content (AvgIpc) is 3.57. The Morgan fingerprint density at radius 2 is 1.71 bits per heavy atom. The summed E-state index contributed by atoms with van der Waals surface area (Å²) in [5, 5.41) is 11.0. The van der Waals surface area contributed by atoms with Crippen LogP contribution >= 0.6 is 11.8 Å². The molecule has 38 heavy (non-hydrogen) atoms. The quantitative estimate of drug-likeness (QED) is 0.504. The number of nitrogens with zero attached hydrogens (tertiary/aromatic N) is 5. The molecular formula is C30H35N5O2S. The summed E-state index contributed by atoms with van der Waals surface area (Å²) in [5.41, 5.74) is 4.12. The number of likely N-dealkylation sites (N-methyl/N-ethyl adjacent to an activating group) is 1. The van der Waals surface area contributed by atoms with Crippen molar-refractivity contribution in [3.8, 4) is 5.75 Å². The lowest BCUT2D eigenvalue weighted by molar-refractivity contribution is 0.189. The van der Waals surface area contributed by atoms with Gasteiger partial charge in [0.2, 0.25) is 0 Å². The highest BCUT2D eigenvalue weighted by Gasteiger charge is 2.44. The van der Waals surface area contributed by atoms with Crippen LogP contribution in [0.1, 0.15) is 55.3 Å². The summed E-state index contributed by atoms with van der Waals surface area (Å²) in [5.74, 6) is 2.55. The Morgan fingerprint density at radius 3 is 2.42 bits per heavy atom. The van der Waals surface area contributed by atoms with E-state index in [1.165, 1.54) is 48.6 Å². The molecule has 2 spiro atoms. The number of aliphatic hydroxyl groups excluding tert-OH is 1. The van der Waals surface area contributed by atoms with Crippen LogP contribution in [0.3, 0.4) is 0 Å². The van der Waals surface area contributed by atoms with Crippen molar-refractivity contribution in [1.82, 2.24) is 15.0 Å². The van der Waals surface area contributed by atoms with Crippen molar-refractivity contribution in [2.75, 3.05) is 36.5 Å². The van der Waals surface area contributed by atoms with Crippen LogP contribution in [0.2, 0.25) is 0 Å². The van der Waals surface area contributed by atoms with Crippen molar-refractivity contribution in [2.24, 2.45) is 5.41 Å². The summed E-state index contributed by atoms with van der Waals surface area (Å²) in [7, 11) is 2.15. The summed E-state index contributed by atoms with van der Waals surface area (Å²) < 4.78 is 6.35. The monoisotopic (exact) mass is 529 g/mol. The van der Waals surface area contributed by atoms with E-state index < -0.39 is 0 Å². The van der Waals surface area contributed by atoms with E-state index in [-0.39, 0.29) is 12.1 Å². The fourth-order valence-electron chi connectivity index (χ4n) is 7.17. The molecule has 2 fully saturated rings. The zero-order chi connectivity index (χ0) is 25.7. The number of rotatable bonds is 4. The molecule has 0 radical (unpaired) electrons. The Kier molecular flexibility index (Phi) is 6.00. The molecule has 1 aromatic carbocycles. The molecule has 198 valence electrons. The van der Waals surface area contributed by atoms with E-state index in [0.717, 1.165) is 66.1 Å². The van der Waals surface area contributed by atoms with E-state index in [1.807, 2.05) is 18.5 Å². The van der Waals surface area contributed by atoms with Crippen molar-refractivity contribution in [1.29, 1.82) is 0 Å². The van der Waals surface area contributed by atoms with Crippen LogP contribution in [-0.4, -0.2) is 52.3 Å². The maximum Gasteiger partial charge on any atom is 0.175 e. The molecule has 3 aromatic rings. The van der Waals surface area contributed by atoms with Gasteiger partial charge in [0.25, 0.3) is 0 Å². The predicted molar refractivity (Wildman–Crippen MR) is 149 cm³/mol. The number of pyridine rings is 1. The summed E-state index contributed by atoms with van der Waals surface area (Å²) in [4.78, 5) is 20.0. The zero-order valence-electron chi connectivity index (χ0n) is 22.0. The number of aromatic nitrogens is 3. The maximum atomic E-state index is 10.2. The molecular weight excluding hydrogens is 494 g/mol. The lowest BCUT2D eigenvalue weighted by atomic mass is 9.76. The van der Waals surface area contributed by atoms with Crippen molar-refractivity contribution in [3.63, 3.8) is 0 Å². The van der Waals surface area contributed by atoms with Crippen LogP contribution in [0.15, 0.2) is 52.6 Å². The van der Waals surface area contributed by atoms with Gasteiger partial charge >= 0.3 is 0 Å². The Bertz CT molecular complexity index is 1320. The van der Waals surface area contributed by atoms with Gasteiger partial charge in [-0.3, -0.25) is 0 Å². The molecule has 0 amide bonds. The van der Waals surface area contributed by atoms with Crippen LogP contribution in [0.4, 0.5) is 11.6 Å². The van der Waals surface area contributed by atoms with Crippen LogP contribution in [0.25, 0.3) is 0 Å². The molecule has 8 heteroatoms. The Labute approximate surface area is 228 Å². The standard InChI is InChI=1S/C30H35N5O2S/c1-34-28-26(37-20-30(34)9-4-5-10-30)24(8-13-31-28)38-25-18-32-27(23(19-36)33-25)35-14-11-29(12-15-35)16-21-6-2-3-7-22(21)17-29/h2-3,6-8,13,18,36H,4-5,9-12,14-17,19-20H2,1H3. The second-order valence-corrected chi connectivity index (χ2v) is 12.7. The lowest BCUT2D eigenvalue weighted by Gasteiger charge is -2.44. The van der Waals surface area contributed by atoms with Crippen molar-refractivity contribution in [2.45, 2.75) is 73.4 Å². The fraction of sp³-hybridized carbons (Fsp3) is 0.500. The van der Waals surface area contributed by atoms with Crippen molar-refractivity contribution >= 4 is 23.4 Å². The van der Waals surface area contributed by atoms with E-state index in [9.17, 15) is 5.11 Å². The van der Waals surface area contributed by atoms with Gasteiger partial charge in [-0.25, -0.2) is 15.0 Å². The van der Waals surface area contributed by atoms with E-state index in [2.05, 4.69) is 46.1 Å². The molecule has 2 aliphatic carbocycles. The molecule has 1 saturated heterocycles. The van der Waals surface area contributed by atoms with Gasteiger partial charge in [0.05, 0.1) is 23.2 Å². The number of hydrogen-bond acceptors (Lipinski definition) is 8. The van der Waals surface area contributed by atoms with Gasteiger partial charge in [-0.1, -0.05) is 48.9 Å². The van der Waals surface area contributed by atoms with E-state index in [1.54, 1.807) is 0 Å². The Morgan fingerprint density at radius 1 is 0.974 bits per heavy atom. The normalized spacial score (nSPS) is 21.0. The molecule has 4 aliphatic rings. The van der Waals surface area contributed by atoms with E-state index in [4.69, 9.17) is 14.7 Å². The molecule has 1 saturated carbocycles. The number of aliphatic hydroxyl groups is 1. The highest BCUT2D eigenvalue weighted by molar-refractivity contribution is 7.99. The minimum absolute atomic E-state index is 0.0725. The van der Waals surface area contributed by atoms with Gasteiger partial charge in [0.1, 0.15) is 17.3 Å². The van der Waals surface area contributed by atoms with E-state index in [0.29, 0.717) is 17.7 Å². The first-order valence-electron chi connectivity index (χ1n) is 13.9. The molecule has 0 bridgehead atoms. The summed E-state index contributed by atoms with van der Waals surface area (Å²) in [6.07, 6.45) is 13.1. The highest BCUT2D eigenvalue weighted by atomic mass is 32.2. The minimum Gasteiger partial charge on any atom is -0.486 e. The Balaban J connectivity index is 1.07. The van der Waals surface area contributed by atoms with E-state index >= 15 is 0 Å². The predicted octanol–water partition coefficient (Wildman–Crippen LogP) is 5.04.